The molecular formula is C12H17BrFN. The van der Waals surface area contributed by atoms with Crippen molar-refractivity contribution in [1.29, 1.82) is 0 Å². The van der Waals surface area contributed by atoms with E-state index in [0.29, 0.717) is 6.42 Å². The van der Waals surface area contributed by atoms with Gasteiger partial charge in [0, 0.05) is 10.5 Å². The lowest BCUT2D eigenvalue weighted by molar-refractivity contribution is 0.318. The molecule has 0 fully saturated rings. The van der Waals surface area contributed by atoms with E-state index in [1.807, 2.05) is 6.07 Å². The molecule has 1 unspecified atom stereocenters. The normalized spacial score (nSPS) is 14.0. The molecule has 0 spiro atoms. The zero-order valence-electron chi connectivity index (χ0n) is 9.35. The molecule has 3 heteroatoms. The minimum absolute atomic E-state index is 0.0335. The number of benzene rings is 1. The molecule has 1 rings (SSSR count). The van der Waals surface area contributed by atoms with Gasteiger partial charge in [0.1, 0.15) is 5.82 Å². The van der Waals surface area contributed by atoms with Crippen molar-refractivity contribution in [2.24, 2.45) is 11.1 Å². The molecule has 0 heterocycles. The standard InChI is InChI=1S/C12H17BrFN/c1-12(2,3)11(15)6-8-4-9(13)7-10(14)5-8/h4-5,7,11H,6,15H2,1-3H3. The van der Waals surface area contributed by atoms with Gasteiger partial charge in [-0.15, -0.1) is 0 Å². The Morgan fingerprint density at radius 1 is 1.33 bits per heavy atom. The van der Waals surface area contributed by atoms with Gasteiger partial charge in [0.05, 0.1) is 0 Å². The Morgan fingerprint density at radius 3 is 2.40 bits per heavy atom. The van der Waals surface area contributed by atoms with Crippen LogP contribution in [-0.2, 0) is 6.42 Å². The summed E-state index contributed by atoms with van der Waals surface area (Å²) in [5.74, 6) is -0.222. The van der Waals surface area contributed by atoms with Crippen molar-refractivity contribution in [3.05, 3.63) is 34.1 Å². The van der Waals surface area contributed by atoms with E-state index in [2.05, 4.69) is 36.7 Å². The first kappa shape index (κ1) is 12.7. The maximum atomic E-state index is 13.1. The molecule has 0 bridgehead atoms. The summed E-state index contributed by atoms with van der Waals surface area (Å²) in [6, 6.07) is 4.93. The SMILES string of the molecule is CC(C)(C)C(N)Cc1cc(F)cc(Br)c1. The van der Waals surface area contributed by atoms with E-state index >= 15 is 0 Å². The monoisotopic (exact) mass is 273 g/mol. The minimum Gasteiger partial charge on any atom is -0.327 e. The summed E-state index contributed by atoms with van der Waals surface area (Å²) < 4.78 is 13.9. The van der Waals surface area contributed by atoms with E-state index in [4.69, 9.17) is 5.73 Å². The molecule has 0 aliphatic rings. The Balaban J connectivity index is 2.81. The molecule has 0 saturated carbocycles. The Morgan fingerprint density at radius 2 is 1.93 bits per heavy atom. The second-order valence-corrected chi connectivity index (χ2v) is 5.87. The van der Waals surface area contributed by atoms with Crippen LogP contribution in [-0.4, -0.2) is 6.04 Å². The molecule has 2 N–H and O–H groups in total. The molecule has 1 nitrogen and oxygen atoms in total. The second kappa shape index (κ2) is 4.62. The molecule has 0 aliphatic heterocycles. The lowest BCUT2D eigenvalue weighted by Gasteiger charge is -2.27. The number of hydrogen-bond donors (Lipinski definition) is 1. The lowest BCUT2D eigenvalue weighted by atomic mass is 9.84. The average Bonchev–Trinajstić information content (AvgIpc) is 1.99. The quantitative estimate of drug-likeness (QED) is 0.877. The predicted octanol–water partition coefficient (Wildman–Crippen LogP) is 3.50. The van der Waals surface area contributed by atoms with Crippen molar-refractivity contribution in [2.45, 2.75) is 33.2 Å². The van der Waals surface area contributed by atoms with Crippen molar-refractivity contribution in [1.82, 2.24) is 0 Å². The first-order valence-corrected chi connectivity index (χ1v) is 5.79. The third-order valence-corrected chi connectivity index (χ3v) is 2.95. The third kappa shape index (κ3) is 3.92. The molecule has 15 heavy (non-hydrogen) atoms. The second-order valence-electron chi connectivity index (χ2n) is 4.95. The van der Waals surface area contributed by atoms with Gasteiger partial charge in [-0.1, -0.05) is 36.7 Å². The van der Waals surface area contributed by atoms with Crippen LogP contribution in [0.1, 0.15) is 26.3 Å². The van der Waals surface area contributed by atoms with E-state index in [-0.39, 0.29) is 17.3 Å². The predicted molar refractivity (Wildman–Crippen MR) is 65.2 cm³/mol. The maximum Gasteiger partial charge on any atom is 0.124 e. The van der Waals surface area contributed by atoms with E-state index in [0.717, 1.165) is 10.0 Å². The van der Waals surface area contributed by atoms with Gasteiger partial charge in [-0.3, -0.25) is 0 Å². The molecule has 0 aromatic heterocycles. The summed E-state index contributed by atoms with van der Waals surface area (Å²) in [6.45, 7) is 6.27. The van der Waals surface area contributed by atoms with Crippen molar-refractivity contribution < 1.29 is 4.39 Å². The van der Waals surface area contributed by atoms with Crippen LogP contribution in [0.2, 0.25) is 0 Å². The summed E-state index contributed by atoms with van der Waals surface area (Å²) in [6.07, 6.45) is 0.694. The van der Waals surface area contributed by atoms with Gasteiger partial charge in [-0.05, 0) is 35.6 Å². The summed E-state index contributed by atoms with van der Waals surface area (Å²) in [5.41, 5.74) is 7.02. The van der Waals surface area contributed by atoms with Crippen LogP contribution < -0.4 is 5.73 Å². The topological polar surface area (TPSA) is 26.0 Å². The van der Waals surface area contributed by atoms with E-state index in [9.17, 15) is 4.39 Å². The van der Waals surface area contributed by atoms with E-state index in [1.54, 1.807) is 0 Å². The van der Waals surface area contributed by atoms with Gasteiger partial charge in [-0.25, -0.2) is 4.39 Å². The van der Waals surface area contributed by atoms with Crippen molar-refractivity contribution in [3.8, 4) is 0 Å². The fourth-order valence-corrected chi connectivity index (χ4v) is 1.80. The average molecular weight is 274 g/mol. The number of rotatable bonds is 2. The highest BCUT2D eigenvalue weighted by molar-refractivity contribution is 9.10. The molecule has 0 saturated heterocycles. The lowest BCUT2D eigenvalue weighted by Crippen LogP contribution is -2.36. The van der Waals surface area contributed by atoms with Gasteiger partial charge in [0.25, 0.3) is 0 Å². The van der Waals surface area contributed by atoms with Crippen molar-refractivity contribution in [3.63, 3.8) is 0 Å². The molecule has 84 valence electrons. The Kier molecular flexibility index (Phi) is 3.90. The zero-order chi connectivity index (χ0) is 11.6. The minimum atomic E-state index is -0.222. The molecule has 1 aromatic rings. The van der Waals surface area contributed by atoms with Crippen LogP contribution in [0.4, 0.5) is 4.39 Å². The highest BCUT2D eigenvalue weighted by Gasteiger charge is 2.20. The van der Waals surface area contributed by atoms with Crippen LogP contribution in [0.3, 0.4) is 0 Å². The number of halogens is 2. The van der Waals surface area contributed by atoms with Crippen LogP contribution in [0.25, 0.3) is 0 Å². The zero-order valence-corrected chi connectivity index (χ0v) is 10.9. The first-order chi connectivity index (χ1) is 6.79. The fraction of sp³-hybridized carbons (Fsp3) is 0.500. The summed E-state index contributed by atoms with van der Waals surface area (Å²) >= 11 is 3.27. The highest BCUT2D eigenvalue weighted by atomic mass is 79.9. The van der Waals surface area contributed by atoms with Crippen LogP contribution in [0.15, 0.2) is 22.7 Å². The number of hydrogen-bond acceptors (Lipinski definition) is 1. The smallest absolute Gasteiger partial charge is 0.124 e. The van der Waals surface area contributed by atoms with Crippen molar-refractivity contribution >= 4 is 15.9 Å². The summed E-state index contributed by atoms with van der Waals surface area (Å²) in [5, 5.41) is 0. The van der Waals surface area contributed by atoms with Gasteiger partial charge in [0.2, 0.25) is 0 Å². The Labute approximate surface area is 99.0 Å². The van der Waals surface area contributed by atoms with Gasteiger partial charge < -0.3 is 5.73 Å². The first-order valence-electron chi connectivity index (χ1n) is 4.99. The van der Waals surface area contributed by atoms with Crippen LogP contribution in [0, 0.1) is 11.2 Å². The molecule has 0 radical (unpaired) electrons. The maximum absolute atomic E-state index is 13.1. The van der Waals surface area contributed by atoms with E-state index in [1.165, 1.54) is 12.1 Å². The van der Waals surface area contributed by atoms with Crippen LogP contribution in [0.5, 0.6) is 0 Å². The molecule has 1 atom stereocenters. The molecule has 1 aromatic carbocycles. The largest absolute Gasteiger partial charge is 0.327 e. The summed E-state index contributed by atoms with van der Waals surface area (Å²) in [4.78, 5) is 0. The Hall–Kier alpha value is -0.410. The molecular weight excluding hydrogens is 257 g/mol. The third-order valence-electron chi connectivity index (χ3n) is 2.49. The Bertz CT molecular complexity index is 324. The molecule has 0 aliphatic carbocycles. The molecule has 0 amide bonds. The van der Waals surface area contributed by atoms with E-state index < -0.39 is 0 Å². The van der Waals surface area contributed by atoms with Gasteiger partial charge >= 0.3 is 0 Å². The van der Waals surface area contributed by atoms with Gasteiger partial charge in [0.15, 0.2) is 0 Å². The number of nitrogens with two attached hydrogens (primary N) is 1. The van der Waals surface area contributed by atoms with Crippen LogP contribution >= 0.6 is 15.9 Å². The highest BCUT2D eigenvalue weighted by Crippen LogP contribution is 2.22. The van der Waals surface area contributed by atoms with Gasteiger partial charge in [-0.2, -0.15) is 0 Å². The summed E-state index contributed by atoms with van der Waals surface area (Å²) in [7, 11) is 0. The fourth-order valence-electron chi connectivity index (χ4n) is 1.29. The van der Waals surface area contributed by atoms with Crippen molar-refractivity contribution in [2.75, 3.05) is 0 Å².